The summed E-state index contributed by atoms with van der Waals surface area (Å²) in [5.74, 6) is -0.679. The van der Waals surface area contributed by atoms with Crippen LogP contribution in [0.4, 0.5) is 4.79 Å². The Bertz CT molecular complexity index is 406. The van der Waals surface area contributed by atoms with E-state index in [0.29, 0.717) is 11.3 Å². The number of nitrogens with two attached hydrogens (primary N) is 1. The topological polar surface area (TPSA) is 102 Å². The van der Waals surface area contributed by atoms with Crippen LogP contribution >= 0.6 is 0 Å². The summed E-state index contributed by atoms with van der Waals surface area (Å²) >= 11 is 0. The van der Waals surface area contributed by atoms with E-state index in [-0.39, 0.29) is 0 Å². The number of carbonyl (C=O) groups is 2. The van der Waals surface area contributed by atoms with Crippen molar-refractivity contribution >= 4 is 12.0 Å². The normalized spacial score (nSPS) is 11.6. The lowest BCUT2D eigenvalue weighted by atomic mass is 10.1. The maximum Gasteiger partial charge on any atom is 0.330 e. The van der Waals surface area contributed by atoms with Crippen molar-refractivity contribution in [1.29, 1.82) is 0 Å². The average Bonchev–Trinajstić information content (AvgIpc) is 2.25. The number of benzene rings is 1. The SMILES string of the molecule is COc1cccc(C(NC(N)=O)C(=O)O)c1. The molecular weight excluding hydrogens is 212 g/mol. The molecule has 1 rings (SSSR count). The standard InChI is InChI=1S/C10H12N2O4/c1-16-7-4-2-3-6(5-7)8(9(13)14)12-10(11)15/h2-5,8H,1H3,(H,13,14)(H3,11,12,15). The first-order valence-electron chi connectivity index (χ1n) is 4.47. The summed E-state index contributed by atoms with van der Waals surface area (Å²) < 4.78 is 4.95. The van der Waals surface area contributed by atoms with Crippen molar-refractivity contribution in [2.24, 2.45) is 5.73 Å². The number of urea groups is 1. The second-order valence-corrected chi connectivity index (χ2v) is 3.06. The monoisotopic (exact) mass is 224 g/mol. The number of primary amides is 1. The first-order valence-corrected chi connectivity index (χ1v) is 4.47. The van der Waals surface area contributed by atoms with Gasteiger partial charge >= 0.3 is 12.0 Å². The highest BCUT2D eigenvalue weighted by Gasteiger charge is 2.21. The highest BCUT2D eigenvalue weighted by Crippen LogP contribution is 2.19. The minimum absolute atomic E-state index is 0.394. The Labute approximate surface area is 92.0 Å². The lowest BCUT2D eigenvalue weighted by Gasteiger charge is -2.13. The number of hydrogen-bond donors (Lipinski definition) is 3. The smallest absolute Gasteiger partial charge is 0.330 e. The fraction of sp³-hybridized carbons (Fsp3) is 0.200. The van der Waals surface area contributed by atoms with Gasteiger partial charge in [-0.3, -0.25) is 0 Å². The summed E-state index contributed by atoms with van der Waals surface area (Å²) in [5, 5.41) is 11.1. The third-order valence-electron chi connectivity index (χ3n) is 1.96. The molecule has 0 saturated heterocycles. The van der Waals surface area contributed by atoms with Gasteiger partial charge in [0.15, 0.2) is 6.04 Å². The Kier molecular flexibility index (Phi) is 3.71. The number of nitrogens with one attached hydrogen (secondary N) is 1. The quantitative estimate of drug-likeness (QED) is 0.692. The summed E-state index contributed by atoms with van der Waals surface area (Å²) in [6, 6.07) is 4.33. The molecule has 1 atom stereocenters. The molecule has 1 unspecified atom stereocenters. The van der Waals surface area contributed by atoms with Gasteiger partial charge in [-0.25, -0.2) is 9.59 Å². The summed E-state index contributed by atoms with van der Waals surface area (Å²) in [4.78, 5) is 21.6. The number of carboxylic acids is 1. The minimum atomic E-state index is -1.19. The summed E-state index contributed by atoms with van der Waals surface area (Å²) in [7, 11) is 1.47. The van der Waals surface area contributed by atoms with E-state index >= 15 is 0 Å². The number of hydrogen-bond acceptors (Lipinski definition) is 3. The molecule has 6 heteroatoms. The van der Waals surface area contributed by atoms with E-state index in [4.69, 9.17) is 15.6 Å². The molecule has 0 spiro atoms. The van der Waals surface area contributed by atoms with Crippen LogP contribution in [0.1, 0.15) is 11.6 Å². The van der Waals surface area contributed by atoms with E-state index in [1.165, 1.54) is 13.2 Å². The van der Waals surface area contributed by atoms with Crippen molar-refractivity contribution in [2.75, 3.05) is 7.11 Å². The molecule has 0 fully saturated rings. The van der Waals surface area contributed by atoms with Crippen LogP contribution in [0, 0.1) is 0 Å². The Hall–Kier alpha value is -2.24. The molecule has 2 amide bonds. The molecule has 0 heterocycles. The van der Waals surface area contributed by atoms with Crippen LogP contribution in [0.3, 0.4) is 0 Å². The highest BCUT2D eigenvalue weighted by atomic mass is 16.5. The Morgan fingerprint density at radius 2 is 2.19 bits per heavy atom. The molecule has 6 nitrogen and oxygen atoms in total. The van der Waals surface area contributed by atoms with Crippen molar-refractivity contribution in [3.63, 3.8) is 0 Å². The Morgan fingerprint density at radius 1 is 1.50 bits per heavy atom. The van der Waals surface area contributed by atoms with Gasteiger partial charge in [-0.2, -0.15) is 0 Å². The van der Waals surface area contributed by atoms with Crippen LogP contribution in [0.2, 0.25) is 0 Å². The molecule has 16 heavy (non-hydrogen) atoms. The van der Waals surface area contributed by atoms with Crippen molar-refractivity contribution in [1.82, 2.24) is 5.32 Å². The van der Waals surface area contributed by atoms with Gasteiger partial charge in [-0.15, -0.1) is 0 Å². The summed E-state index contributed by atoms with van der Waals surface area (Å²) in [6.07, 6.45) is 0. The van der Waals surface area contributed by atoms with Crippen LogP contribution < -0.4 is 15.8 Å². The zero-order chi connectivity index (χ0) is 12.1. The van der Waals surface area contributed by atoms with E-state index in [1.54, 1.807) is 18.2 Å². The molecule has 1 aromatic carbocycles. The second-order valence-electron chi connectivity index (χ2n) is 3.06. The molecule has 0 aliphatic rings. The molecule has 0 radical (unpaired) electrons. The third-order valence-corrected chi connectivity index (χ3v) is 1.96. The van der Waals surface area contributed by atoms with Gasteiger partial charge < -0.3 is 20.9 Å². The van der Waals surface area contributed by atoms with E-state index in [9.17, 15) is 9.59 Å². The maximum atomic E-state index is 10.9. The van der Waals surface area contributed by atoms with Crippen molar-refractivity contribution in [3.8, 4) is 5.75 Å². The Morgan fingerprint density at radius 3 is 2.69 bits per heavy atom. The number of aliphatic carboxylic acids is 1. The molecule has 0 saturated carbocycles. The van der Waals surface area contributed by atoms with Gasteiger partial charge in [-0.05, 0) is 17.7 Å². The molecule has 86 valence electrons. The number of carbonyl (C=O) groups excluding carboxylic acids is 1. The van der Waals surface area contributed by atoms with Crippen LogP contribution in [0.15, 0.2) is 24.3 Å². The van der Waals surface area contributed by atoms with Crippen molar-refractivity contribution in [3.05, 3.63) is 29.8 Å². The number of rotatable bonds is 4. The molecule has 0 aliphatic heterocycles. The lowest BCUT2D eigenvalue weighted by molar-refractivity contribution is -0.139. The van der Waals surface area contributed by atoms with Gasteiger partial charge in [0.25, 0.3) is 0 Å². The van der Waals surface area contributed by atoms with Crippen LogP contribution in [-0.2, 0) is 4.79 Å². The fourth-order valence-electron chi connectivity index (χ4n) is 1.25. The zero-order valence-corrected chi connectivity index (χ0v) is 8.64. The van der Waals surface area contributed by atoms with E-state index in [1.807, 2.05) is 0 Å². The van der Waals surface area contributed by atoms with Crippen LogP contribution in [-0.4, -0.2) is 24.2 Å². The summed E-state index contributed by atoms with van der Waals surface area (Å²) in [6.45, 7) is 0. The molecule has 0 aliphatic carbocycles. The minimum Gasteiger partial charge on any atom is -0.497 e. The molecule has 4 N–H and O–H groups in total. The third kappa shape index (κ3) is 2.88. The molecule has 0 aromatic heterocycles. The largest absolute Gasteiger partial charge is 0.497 e. The van der Waals surface area contributed by atoms with Crippen molar-refractivity contribution in [2.45, 2.75) is 6.04 Å². The van der Waals surface area contributed by atoms with Crippen LogP contribution in [0.5, 0.6) is 5.75 Å². The van der Waals surface area contributed by atoms with Gasteiger partial charge in [0.05, 0.1) is 7.11 Å². The predicted molar refractivity (Wildman–Crippen MR) is 56.1 cm³/mol. The zero-order valence-electron chi connectivity index (χ0n) is 8.64. The predicted octanol–water partition coefficient (Wildman–Crippen LogP) is 0.489. The molecule has 1 aromatic rings. The van der Waals surface area contributed by atoms with E-state index in [2.05, 4.69) is 5.32 Å². The summed E-state index contributed by atoms with van der Waals surface area (Å²) in [5.41, 5.74) is 5.29. The fourth-order valence-corrected chi connectivity index (χ4v) is 1.25. The van der Waals surface area contributed by atoms with Gasteiger partial charge in [0, 0.05) is 0 Å². The van der Waals surface area contributed by atoms with E-state index < -0.39 is 18.0 Å². The maximum absolute atomic E-state index is 10.9. The molecule has 0 bridgehead atoms. The number of amides is 2. The van der Waals surface area contributed by atoms with Crippen molar-refractivity contribution < 1.29 is 19.4 Å². The lowest BCUT2D eigenvalue weighted by Crippen LogP contribution is -2.37. The van der Waals surface area contributed by atoms with Gasteiger partial charge in [0.1, 0.15) is 5.75 Å². The highest BCUT2D eigenvalue weighted by molar-refractivity contribution is 5.82. The second kappa shape index (κ2) is 5.01. The van der Waals surface area contributed by atoms with Crippen LogP contribution in [0.25, 0.3) is 0 Å². The van der Waals surface area contributed by atoms with E-state index in [0.717, 1.165) is 0 Å². The first kappa shape index (κ1) is 11.8. The average molecular weight is 224 g/mol. The number of methoxy groups -OCH3 is 1. The number of carboxylic acid groups (broad SMARTS) is 1. The van der Waals surface area contributed by atoms with Gasteiger partial charge in [0.2, 0.25) is 0 Å². The van der Waals surface area contributed by atoms with Gasteiger partial charge in [-0.1, -0.05) is 12.1 Å². The Balaban J connectivity index is 3.00. The molecular formula is C10H12N2O4. The number of ether oxygens (including phenoxy) is 1. The first-order chi connectivity index (χ1) is 7.54.